The molecule has 0 saturated heterocycles. The number of likely N-dealkylation sites (N-methyl/N-ethyl adjacent to an activating group) is 1. The van der Waals surface area contributed by atoms with Gasteiger partial charge in [0.2, 0.25) is 5.91 Å². The summed E-state index contributed by atoms with van der Waals surface area (Å²) in [5.41, 5.74) is 0. The number of aryl methyl sites for hydroxylation is 1. The fraction of sp³-hybridized carbons (Fsp3) is 0.583. The zero-order chi connectivity index (χ0) is 11.8. The molecule has 0 aliphatic heterocycles. The lowest BCUT2D eigenvalue weighted by molar-refractivity contribution is -0.121. The molecule has 0 fully saturated rings. The Balaban J connectivity index is 2.06. The minimum atomic E-state index is 0.152. The van der Waals surface area contributed by atoms with Crippen LogP contribution in [0.3, 0.4) is 0 Å². The molecule has 1 unspecified atom stereocenters. The molecule has 1 atom stereocenters. The van der Waals surface area contributed by atoms with Gasteiger partial charge in [-0.05, 0) is 38.3 Å². The number of hydrogen-bond donors (Lipinski definition) is 2. The van der Waals surface area contributed by atoms with E-state index in [2.05, 4.69) is 28.1 Å². The molecule has 0 spiro atoms. The molecule has 0 aromatic carbocycles. The molecular weight excluding hydrogens is 220 g/mol. The second-order valence-electron chi connectivity index (χ2n) is 3.93. The Morgan fingerprint density at radius 2 is 2.38 bits per heavy atom. The van der Waals surface area contributed by atoms with E-state index in [1.165, 1.54) is 4.88 Å². The second-order valence-corrected chi connectivity index (χ2v) is 4.96. The summed E-state index contributed by atoms with van der Waals surface area (Å²) in [7, 11) is 1.90. The minimum absolute atomic E-state index is 0.152. The standard InChI is InChI=1S/C12H20N2OS/c1-10(13-2)9-14-12(15)7-3-5-11-6-4-8-16-11/h4,6,8,10,13H,3,5,7,9H2,1-2H3,(H,14,15). The van der Waals surface area contributed by atoms with Gasteiger partial charge in [0.05, 0.1) is 0 Å². The normalized spacial score (nSPS) is 12.4. The Kier molecular flexibility index (Phi) is 6.11. The third-order valence-corrected chi connectivity index (χ3v) is 3.44. The van der Waals surface area contributed by atoms with Gasteiger partial charge in [0.1, 0.15) is 0 Å². The molecular formula is C12H20N2OS. The van der Waals surface area contributed by atoms with Gasteiger partial charge >= 0.3 is 0 Å². The van der Waals surface area contributed by atoms with Gasteiger partial charge in [-0.2, -0.15) is 0 Å². The van der Waals surface area contributed by atoms with Crippen LogP contribution in [0.25, 0.3) is 0 Å². The number of carbonyl (C=O) groups is 1. The zero-order valence-corrected chi connectivity index (χ0v) is 10.8. The largest absolute Gasteiger partial charge is 0.355 e. The summed E-state index contributed by atoms with van der Waals surface area (Å²) in [5, 5.41) is 8.07. The first-order valence-corrected chi connectivity index (χ1v) is 6.56. The van der Waals surface area contributed by atoms with Gasteiger partial charge in [-0.15, -0.1) is 11.3 Å². The molecule has 1 amide bonds. The van der Waals surface area contributed by atoms with Crippen molar-refractivity contribution in [3.8, 4) is 0 Å². The Bertz CT molecular complexity index is 298. The summed E-state index contributed by atoms with van der Waals surface area (Å²) in [6, 6.07) is 4.50. The Labute approximate surface area is 101 Å². The van der Waals surface area contributed by atoms with Crippen molar-refractivity contribution in [3.05, 3.63) is 22.4 Å². The van der Waals surface area contributed by atoms with E-state index in [-0.39, 0.29) is 5.91 Å². The molecule has 1 aromatic rings. The van der Waals surface area contributed by atoms with Crippen LogP contribution in [-0.4, -0.2) is 25.5 Å². The van der Waals surface area contributed by atoms with E-state index < -0.39 is 0 Å². The summed E-state index contributed by atoms with van der Waals surface area (Å²) in [6.07, 6.45) is 2.56. The molecule has 4 heteroatoms. The molecule has 3 nitrogen and oxygen atoms in total. The van der Waals surface area contributed by atoms with Crippen LogP contribution < -0.4 is 10.6 Å². The maximum atomic E-state index is 11.5. The van der Waals surface area contributed by atoms with Crippen molar-refractivity contribution in [1.82, 2.24) is 10.6 Å². The topological polar surface area (TPSA) is 41.1 Å². The Hall–Kier alpha value is -0.870. The highest BCUT2D eigenvalue weighted by atomic mass is 32.1. The highest BCUT2D eigenvalue weighted by Gasteiger charge is 2.03. The maximum absolute atomic E-state index is 11.5. The van der Waals surface area contributed by atoms with E-state index >= 15 is 0 Å². The third kappa shape index (κ3) is 5.28. The van der Waals surface area contributed by atoms with Gasteiger partial charge in [0.15, 0.2) is 0 Å². The third-order valence-electron chi connectivity index (χ3n) is 2.51. The fourth-order valence-corrected chi connectivity index (χ4v) is 2.09. The van der Waals surface area contributed by atoms with Gasteiger partial charge in [0.25, 0.3) is 0 Å². The molecule has 0 saturated carbocycles. The summed E-state index contributed by atoms with van der Waals surface area (Å²) in [4.78, 5) is 12.8. The molecule has 2 N–H and O–H groups in total. The van der Waals surface area contributed by atoms with E-state index in [9.17, 15) is 4.79 Å². The van der Waals surface area contributed by atoms with Crippen molar-refractivity contribution in [2.24, 2.45) is 0 Å². The van der Waals surface area contributed by atoms with Gasteiger partial charge < -0.3 is 10.6 Å². The minimum Gasteiger partial charge on any atom is -0.355 e. The zero-order valence-electron chi connectivity index (χ0n) is 9.95. The smallest absolute Gasteiger partial charge is 0.220 e. The van der Waals surface area contributed by atoms with Crippen molar-refractivity contribution >= 4 is 17.2 Å². The lowest BCUT2D eigenvalue weighted by Gasteiger charge is -2.11. The second kappa shape index (κ2) is 7.41. The van der Waals surface area contributed by atoms with E-state index in [1.807, 2.05) is 14.0 Å². The lowest BCUT2D eigenvalue weighted by atomic mass is 10.2. The first-order valence-electron chi connectivity index (χ1n) is 5.68. The van der Waals surface area contributed by atoms with Crippen molar-refractivity contribution in [3.63, 3.8) is 0 Å². The van der Waals surface area contributed by atoms with Crippen LogP contribution in [-0.2, 0) is 11.2 Å². The van der Waals surface area contributed by atoms with Crippen LogP contribution in [0, 0.1) is 0 Å². The van der Waals surface area contributed by atoms with Crippen molar-refractivity contribution in [2.75, 3.05) is 13.6 Å². The molecule has 1 rings (SSSR count). The van der Waals surface area contributed by atoms with Crippen molar-refractivity contribution < 1.29 is 4.79 Å². The van der Waals surface area contributed by atoms with Gasteiger partial charge in [-0.1, -0.05) is 6.07 Å². The van der Waals surface area contributed by atoms with Crippen LogP contribution in [0.2, 0.25) is 0 Å². The van der Waals surface area contributed by atoms with Crippen LogP contribution in [0.15, 0.2) is 17.5 Å². The predicted molar refractivity (Wildman–Crippen MR) is 68.8 cm³/mol. The molecule has 0 radical (unpaired) electrons. The number of carbonyl (C=O) groups excluding carboxylic acids is 1. The van der Waals surface area contributed by atoms with E-state index in [4.69, 9.17) is 0 Å². The van der Waals surface area contributed by atoms with Gasteiger partial charge in [-0.3, -0.25) is 4.79 Å². The number of rotatable bonds is 7. The number of hydrogen-bond acceptors (Lipinski definition) is 3. The molecule has 0 aliphatic rings. The number of amides is 1. The Morgan fingerprint density at radius 3 is 3.00 bits per heavy atom. The summed E-state index contributed by atoms with van der Waals surface area (Å²) >= 11 is 1.75. The molecule has 16 heavy (non-hydrogen) atoms. The predicted octanol–water partition coefficient (Wildman–Crippen LogP) is 1.79. The Morgan fingerprint density at radius 1 is 1.56 bits per heavy atom. The molecule has 1 heterocycles. The van der Waals surface area contributed by atoms with Gasteiger partial charge in [0, 0.05) is 23.9 Å². The quantitative estimate of drug-likeness (QED) is 0.763. The van der Waals surface area contributed by atoms with Crippen molar-refractivity contribution in [1.29, 1.82) is 0 Å². The number of nitrogens with one attached hydrogen (secondary N) is 2. The number of thiophene rings is 1. The fourth-order valence-electron chi connectivity index (χ4n) is 1.34. The summed E-state index contributed by atoms with van der Waals surface area (Å²) in [6.45, 7) is 2.75. The van der Waals surface area contributed by atoms with E-state index in [0.717, 1.165) is 12.8 Å². The molecule has 0 bridgehead atoms. The first-order chi connectivity index (χ1) is 7.72. The van der Waals surface area contributed by atoms with Crippen molar-refractivity contribution in [2.45, 2.75) is 32.2 Å². The highest BCUT2D eigenvalue weighted by molar-refractivity contribution is 7.09. The average molecular weight is 240 g/mol. The highest BCUT2D eigenvalue weighted by Crippen LogP contribution is 2.11. The average Bonchev–Trinajstić information content (AvgIpc) is 2.79. The van der Waals surface area contributed by atoms with Crippen LogP contribution >= 0.6 is 11.3 Å². The molecule has 90 valence electrons. The summed E-state index contributed by atoms with van der Waals surface area (Å²) in [5.74, 6) is 0.152. The SMILES string of the molecule is CNC(C)CNC(=O)CCCc1cccs1. The molecule has 0 aliphatic carbocycles. The summed E-state index contributed by atoms with van der Waals surface area (Å²) < 4.78 is 0. The first kappa shape index (κ1) is 13.2. The van der Waals surface area contributed by atoms with Crippen LogP contribution in [0.4, 0.5) is 0 Å². The van der Waals surface area contributed by atoms with E-state index in [1.54, 1.807) is 11.3 Å². The maximum Gasteiger partial charge on any atom is 0.220 e. The van der Waals surface area contributed by atoms with Gasteiger partial charge in [-0.25, -0.2) is 0 Å². The lowest BCUT2D eigenvalue weighted by Crippen LogP contribution is -2.37. The van der Waals surface area contributed by atoms with E-state index in [0.29, 0.717) is 19.0 Å². The van der Waals surface area contributed by atoms with Crippen LogP contribution in [0.5, 0.6) is 0 Å². The van der Waals surface area contributed by atoms with Crippen LogP contribution in [0.1, 0.15) is 24.6 Å². The monoisotopic (exact) mass is 240 g/mol. The molecule has 1 aromatic heterocycles.